The van der Waals surface area contributed by atoms with Gasteiger partial charge in [-0.1, -0.05) is 0 Å². The lowest BCUT2D eigenvalue weighted by Gasteiger charge is -2.21. The lowest BCUT2D eigenvalue weighted by atomic mass is 10.5. The molecule has 0 aromatic carbocycles. The molecular weight excluding hydrogens is 208 g/mol. The van der Waals surface area contributed by atoms with Crippen molar-refractivity contribution in [1.29, 1.82) is 0 Å². The van der Waals surface area contributed by atoms with Crippen LogP contribution in [0.5, 0.6) is 0 Å². The molecule has 0 radical (unpaired) electrons. The van der Waals surface area contributed by atoms with Gasteiger partial charge in [0.15, 0.2) is 0 Å². The molecule has 0 aliphatic rings. The monoisotopic (exact) mass is 221 g/mol. The normalized spacial score (nSPS) is 9.55. The number of quaternary nitrogens is 1. The standard InChI is InChI=1S/C5H14NO.ClOP.ClH/c1-6(2,3)4-5-7;1-3-2;/h7H,4-5H2,1-3H3;;1H/q+1;;/p-1. The number of hydrogen-bond donors (Lipinski definition) is 1. The van der Waals surface area contributed by atoms with Gasteiger partial charge in [0, 0.05) is 0 Å². The van der Waals surface area contributed by atoms with Crippen molar-refractivity contribution in [3.05, 3.63) is 0 Å². The second-order valence-electron chi connectivity index (χ2n) is 2.81. The van der Waals surface area contributed by atoms with E-state index in [0.717, 1.165) is 11.0 Å². The first-order valence-electron chi connectivity index (χ1n) is 2.83. The maximum atomic E-state index is 8.67. The summed E-state index contributed by atoms with van der Waals surface area (Å²) in [5.74, 6) is 0. The van der Waals surface area contributed by atoms with E-state index < -0.39 is 0 Å². The Morgan fingerprint density at radius 3 is 1.73 bits per heavy atom. The van der Waals surface area contributed by atoms with E-state index in [0.29, 0.717) is 0 Å². The number of nitrogens with zero attached hydrogens (tertiary/aromatic N) is 1. The first-order valence-corrected chi connectivity index (χ1v) is 4.54. The van der Waals surface area contributed by atoms with Gasteiger partial charge >= 0.3 is 0 Å². The number of rotatable bonds is 2. The first-order chi connectivity index (χ1) is 4.47. The number of aliphatic hydroxyl groups is 1. The van der Waals surface area contributed by atoms with Gasteiger partial charge in [0.05, 0.1) is 27.7 Å². The molecular formula is C5H14Cl2NO2P. The Hall–Kier alpha value is 0.600. The average Bonchev–Trinajstić information content (AvgIpc) is 1.63. The Bertz CT molecular complexity index is 87.0. The number of halogens is 2. The minimum absolute atomic E-state index is 0. The third-order valence-corrected chi connectivity index (χ3v) is 0.771. The minimum Gasteiger partial charge on any atom is -1.00 e. The predicted molar refractivity (Wildman–Crippen MR) is 43.4 cm³/mol. The Morgan fingerprint density at radius 1 is 1.45 bits per heavy atom. The highest BCUT2D eigenvalue weighted by Crippen LogP contribution is 1.92. The molecule has 0 bridgehead atoms. The third kappa shape index (κ3) is 37.0. The van der Waals surface area contributed by atoms with Crippen molar-refractivity contribution in [3.8, 4) is 0 Å². The maximum Gasteiger partial charge on any atom is 0.267 e. The van der Waals surface area contributed by atoms with Crippen molar-refractivity contribution < 1.29 is 26.6 Å². The van der Waals surface area contributed by atoms with Crippen LogP contribution in [0.2, 0.25) is 0 Å². The lowest BCUT2D eigenvalue weighted by Crippen LogP contribution is -3.00. The molecule has 0 aliphatic heterocycles. The molecule has 0 unspecified atom stereocenters. The highest BCUT2D eigenvalue weighted by Gasteiger charge is 2.02. The smallest absolute Gasteiger partial charge is 0.267 e. The molecule has 0 rings (SSSR count). The molecule has 0 spiro atoms. The topological polar surface area (TPSA) is 37.3 Å². The van der Waals surface area contributed by atoms with Gasteiger partial charge in [0.2, 0.25) is 0 Å². The fourth-order valence-electron chi connectivity index (χ4n) is 0.300. The molecule has 0 aliphatic carbocycles. The minimum atomic E-state index is -0.361. The molecule has 3 nitrogen and oxygen atoms in total. The van der Waals surface area contributed by atoms with Crippen molar-refractivity contribution in [3.63, 3.8) is 0 Å². The first kappa shape index (κ1) is 17.6. The zero-order chi connectivity index (χ0) is 8.62. The second kappa shape index (κ2) is 10.6. The predicted octanol–water partition coefficient (Wildman–Crippen LogP) is -1.88. The zero-order valence-electron chi connectivity index (χ0n) is 6.92. The Kier molecular flexibility index (Phi) is 17.0. The zero-order valence-corrected chi connectivity index (χ0v) is 9.33. The van der Waals surface area contributed by atoms with E-state index in [1.54, 1.807) is 0 Å². The molecule has 0 fully saturated rings. The number of likely N-dealkylation sites (N-methyl/N-ethyl adjacent to an activating group) is 1. The summed E-state index contributed by atoms with van der Waals surface area (Å²) < 4.78 is 9.51. The molecule has 0 aromatic rings. The van der Waals surface area contributed by atoms with Crippen LogP contribution in [0.1, 0.15) is 0 Å². The second-order valence-corrected chi connectivity index (χ2v) is 3.36. The summed E-state index contributed by atoms with van der Waals surface area (Å²) in [6.45, 7) is 1.11. The van der Waals surface area contributed by atoms with Crippen LogP contribution in [-0.4, -0.2) is 43.9 Å². The molecule has 0 saturated heterocycles. The van der Waals surface area contributed by atoms with Crippen LogP contribution in [0.25, 0.3) is 0 Å². The van der Waals surface area contributed by atoms with Crippen LogP contribution in [0.4, 0.5) is 0 Å². The summed E-state index contributed by atoms with van der Waals surface area (Å²) in [4.78, 5) is 0. The molecule has 0 atom stereocenters. The molecule has 11 heavy (non-hydrogen) atoms. The van der Waals surface area contributed by atoms with Gasteiger partial charge in [-0.3, -0.25) is 4.57 Å². The fourth-order valence-corrected chi connectivity index (χ4v) is 0.300. The van der Waals surface area contributed by atoms with Gasteiger partial charge in [-0.2, -0.15) is 0 Å². The van der Waals surface area contributed by atoms with Crippen LogP contribution >= 0.6 is 19.1 Å². The average molecular weight is 222 g/mol. The summed E-state index contributed by atoms with van der Waals surface area (Å²) >= 11 is 4.42. The van der Waals surface area contributed by atoms with Crippen molar-refractivity contribution in [2.75, 3.05) is 34.3 Å². The number of hydrogen-bond acceptors (Lipinski definition) is 2. The van der Waals surface area contributed by atoms with Gasteiger partial charge in [-0.25, -0.2) is 0 Å². The van der Waals surface area contributed by atoms with Gasteiger partial charge in [0.25, 0.3) is 7.81 Å². The van der Waals surface area contributed by atoms with Gasteiger partial charge in [-0.05, 0) is 11.2 Å². The van der Waals surface area contributed by atoms with Crippen molar-refractivity contribution >= 4 is 19.1 Å². The largest absolute Gasteiger partial charge is 1.00 e. The summed E-state index contributed by atoms with van der Waals surface area (Å²) in [5, 5.41) is 8.39. The van der Waals surface area contributed by atoms with Gasteiger partial charge < -0.3 is 22.0 Å². The quantitative estimate of drug-likeness (QED) is 0.438. The van der Waals surface area contributed by atoms with Crippen molar-refractivity contribution in [2.24, 2.45) is 0 Å². The van der Waals surface area contributed by atoms with Crippen molar-refractivity contribution in [1.82, 2.24) is 0 Å². The molecule has 0 amide bonds. The van der Waals surface area contributed by atoms with Crippen LogP contribution in [0, 0.1) is 0 Å². The van der Waals surface area contributed by atoms with Crippen LogP contribution in [0.15, 0.2) is 0 Å². The summed E-state index contributed by atoms with van der Waals surface area (Å²) in [5.41, 5.74) is 0. The summed E-state index contributed by atoms with van der Waals surface area (Å²) in [6.07, 6.45) is 0. The van der Waals surface area contributed by atoms with Gasteiger partial charge in [0.1, 0.15) is 6.54 Å². The molecule has 0 heterocycles. The molecule has 70 valence electrons. The Labute approximate surface area is 80.3 Å². The Morgan fingerprint density at radius 2 is 1.73 bits per heavy atom. The highest BCUT2D eigenvalue weighted by molar-refractivity contribution is 7.57. The van der Waals surface area contributed by atoms with E-state index in [1.165, 1.54) is 0 Å². The van der Waals surface area contributed by atoms with Crippen molar-refractivity contribution in [2.45, 2.75) is 0 Å². The van der Waals surface area contributed by atoms with Crippen LogP contribution < -0.4 is 12.4 Å². The van der Waals surface area contributed by atoms with E-state index in [2.05, 4.69) is 32.4 Å². The number of aliphatic hydroxyl groups excluding tert-OH is 1. The molecule has 0 aromatic heterocycles. The maximum absolute atomic E-state index is 8.67. The van der Waals surface area contributed by atoms with E-state index in [9.17, 15) is 0 Å². The third-order valence-electron chi connectivity index (χ3n) is 0.771. The molecule has 6 heteroatoms. The Balaban J connectivity index is -0.000000140. The van der Waals surface area contributed by atoms with E-state index in [1.807, 2.05) is 0 Å². The fraction of sp³-hybridized carbons (Fsp3) is 1.00. The van der Waals surface area contributed by atoms with Crippen LogP contribution in [0.3, 0.4) is 0 Å². The SMILES string of the molecule is C[N+](C)(C)CCO.O=PCl.[Cl-]. The molecule has 0 saturated carbocycles. The molecule has 1 N–H and O–H groups in total. The highest BCUT2D eigenvalue weighted by atomic mass is 35.7. The van der Waals surface area contributed by atoms with Gasteiger partial charge in [-0.15, -0.1) is 0 Å². The summed E-state index contributed by atoms with van der Waals surface area (Å²) in [7, 11) is 5.79. The van der Waals surface area contributed by atoms with E-state index in [-0.39, 0.29) is 26.8 Å². The van der Waals surface area contributed by atoms with E-state index >= 15 is 0 Å². The van der Waals surface area contributed by atoms with Crippen LogP contribution in [-0.2, 0) is 4.57 Å². The lowest BCUT2D eigenvalue weighted by molar-refractivity contribution is -0.870. The van der Waals surface area contributed by atoms with E-state index in [4.69, 9.17) is 9.67 Å². The summed E-state index contributed by atoms with van der Waals surface area (Å²) in [6, 6.07) is 0.